The summed E-state index contributed by atoms with van der Waals surface area (Å²) in [6.07, 6.45) is 8.22. The molecule has 0 aliphatic heterocycles. The van der Waals surface area contributed by atoms with Crippen LogP contribution >= 0.6 is 17.0 Å². The van der Waals surface area contributed by atoms with E-state index in [1.54, 1.807) is 0 Å². The van der Waals surface area contributed by atoms with Crippen LogP contribution in [-0.4, -0.2) is 25.4 Å². The van der Waals surface area contributed by atoms with E-state index in [9.17, 15) is 5.11 Å². The molecule has 0 amide bonds. The van der Waals surface area contributed by atoms with Crippen molar-refractivity contribution in [2.24, 2.45) is 4.99 Å². The van der Waals surface area contributed by atoms with Crippen molar-refractivity contribution in [1.82, 2.24) is 0 Å². The number of phenolic OH excluding ortho intramolecular Hbond substituents is 1. The minimum absolute atomic E-state index is 0.446. The summed E-state index contributed by atoms with van der Waals surface area (Å²) in [5, 5.41) is 11.5. The fourth-order valence-corrected chi connectivity index (χ4v) is 4.14. The second-order valence-corrected chi connectivity index (χ2v) is 15.4. The summed E-state index contributed by atoms with van der Waals surface area (Å²) >= 11 is -0.826. The number of hydrogen-bond acceptors (Lipinski definition) is 2. The number of halogens is 2. The van der Waals surface area contributed by atoms with Gasteiger partial charge in [-0.15, -0.1) is 0 Å². The van der Waals surface area contributed by atoms with E-state index in [1.807, 2.05) is 18.3 Å². The Morgan fingerprint density at radius 3 is 2.32 bits per heavy atom. The number of aromatic hydroxyl groups is 1. The number of para-hydroxylation sites is 1. The van der Waals surface area contributed by atoms with Crippen LogP contribution in [-0.2, 0) is 20.8 Å². The van der Waals surface area contributed by atoms with Gasteiger partial charge in [-0.05, 0) is 24.1 Å². The van der Waals surface area contributed by atoms with Crippen LogP contribution in [0.4, 0.5) is 0 Å². The third kappa shape index (κ3) is 6.86. The fraction of sp³-hybridized carbons (Fsp3) is 0.562. The number of benzene rings is 1. The van der Waals surface area contributed by atoms with E-state index < -0.39 is 28.9 Å². The second kappa shape index (κ2) is 10.3. The molecule has 1 N–H and O–H groups in total. The van der Waals surface area contributed by atoms with Crippen molar-refractivity contribution in [2.75, 3.05) is 0 Å². The Bertz CT molecular complexity index is 486. The van der Waals surface area contributed by atoms with Gasteiger partial charge in [-0.25, -0.2) is 0 Å². The summed E-state index contributed by atoms with van der Waals surface area (Å²) in [5.74, 6) is 0.446. The molecular formula is C16H25Cl2NOSiZr. The zero-order valence-corrected chi connectivity index (χ0v) is 18.5. The van der Waals surface area contributed by atoms with Crippen molar-refractivity contribution in [3.05, 3.63) is 23.8 Å². The normalized spacial score (nSPS) is 16.2. The third-order valence-corrected chi connectivity index (χ3v) is 5.89. The van der Waals surface area contributed by atoms with Gasteiger partial charge < -0.3 is 5.11 Å². The standard InChI is InChI=1S/C16H25NOSi.2ClH.Zr/c1-19(2,3)15-11-7-8-13(16(15)18)12-17-14-9-5-4-6-10-14;;;/h7-8,11-12,14,18H,4-6,9-10H2,1-3H3;2*1H;/q;;;+2/p-2. The summed E-state index contributed by atoms with van der Waals surface area (Å²) in [4.78, 5) is 4.67. The van der Waals surface area contributed by atoms with Gasteiger partial charge in [0.1, 0.15) is 5.75 Å². The molecule has 0 saturated heterocycles. The topological polar surface area (TPSA) is 32.6 Å². The van der Waals surface area contributed by atoms with E-state index in [-0.39, 0.29) is 0 Å². The van der Waals surface area contributed by atoms with Crippen LogP contribution < -0.4 is 5.19 Å². The van der Waals surface area contributed by atoms with Gasteiger partial charge in [-0.2, -0.15) is 0 Å². The predicted octanol–water partition coefficient (Wildman–Crippen LogP) is 5.07. The first-order valence-electron chi connectivity index (χ1n) is 7.72. The Kier molecular flexibility index (Phi) is 9.54. The van der Waals surface area contributed by atoms with Gasteiger partial charge in [0.2, 0.25) is 0 Å². The van der Waals surface area contributed by atoms with Crippen LogP contribution in [0.5, 0.6) is 5.75 Å². The van der Waals surface area contributed by atoms with Crippen molar-refractivity contribution in [3.8, 4) is 5.75 Å². The van der Waals surface area contributed by atoms with Crippen LogP contribution in [0, 0.1) is 0 Å². The van der Waals surface area contributed by atoms with Crippen LogP contribution in [0.3, 0.4) is 0 Å². The van der Waals surface area contributed by atoms with E-state index in [1.165, 1.54) is 32.1 Å². The van der Waals surface area contributed by atoms with Gasteiger partial charge in [-0.1, -0.05) is 51.0 Å². The molecule has 0 heterocycles. The van der Waals surface area contributed by atoms with Crippen molar-refractivity contribution in [3.63, 3.8) is 0 Å². The molecule has 22 heavy (non-hydrogen) atoms. The molecule has 1 fully saturated rings. The number of hydrogen-bond donors (Lipinski definition) is 1. The van der Waals surface area contributed by atoms with E-state index in [0.717, 1.165) is 10.8 Å². The zero-order chi connectivity index (χ0) is 16.6. The summed E-state index contributed by atoms with van der Waals surface area (Å²) in [6, 6.07) is 6.52. The van der Waals surface area contributed by atoms with Crippen molar-refractivity contribution < 1.29 is 26.0 Å². The Balaban J connectivity index is 0.000000745. The Labute approximate surface area is 154 Å². The molecule has 0 unspecified atom stereocenters. The quantitative estimate of drug-likeness (QED) is 0.520. The maximum absolute atomic E-state index is 10.4. The molecule has 1 aromatic carbocycles. The molecule has 1 saturated carbocycles. The van der Waals surface area contributed by atoms with E-state index in [0.29, 0.717) is 11.8 Å². The van der Waals surface area contributed by atoms with Gasteiger partial charge >= 0.3 is 37.9 Å². The first kappa shape index (κ1) is 20.4. The molecule has 1 aliphatic rings. The molecule has 0 radical (unpaired) electrons. The molecule has 0 spiro atoms. The average Bonchev–Trinajstić information content (AvgIpc) is 2.47. The van der Waals surface area contributed by atoms with Crippen molar-refractivity contribution >= 4 is 36.5 Å². The van der Waals surface area contributed by atoms with Crippen LogP contribution in [0.1, 0.15) is 37.7 Å². The summed E-state index contributed by atoms with van der Waals surface area (Å²) in [6.45, 7) is 6.76. The number of nitrogens with zero attached hydrogens (tertiary/aromatic N) is 1. The summed E-state index contributed by atoms with van der Waals surface area (Å²) in [7, 11) is 8.38. The number of phenols is 1. The van der Waals surface area contributed by atoms with Gasteiger partial charge in [0.15, 0.2) is 0 Å². The van der Waals surface area contributed by atoms with Gasteiger partial charge in [-0.3, -0.25) is 4.99 Å². The first-order chi connectivity index (χ1) is 10.4. The Morgan fingerprint density at radius 2 is 1.77 bits per heavy atom. The zero-order valence-electron chi connectivity index (χ0n) is 13.6. The minimum atomic E-state index is -1.49. The van der Waals surface area contributed by atoms with Gasteiger partial charge in [0.05, 0.1) is 8.07 Å². The average molecular weight is 438 g/mol. The molecule has 1 aliphatic carbocycles. The molecule has 0 atom stereocenters. The number of rotatable bonds is 3. The second-order valence-electron chi connectivity index (χ2n) is 6.63. The van der Waals surface area contributed by atoms with Crippen molar-refractivity contribution in [1.29, 1.82) is 0 Å². The molecule has 1 aromatic rings. The Morgan fingerprint density at radius 1 is 1.18 bits per heavy atom. The summed E-state index contributed by atoms with van der Waals surface area (Å²) in [5.41, 5.74) is 0.880. The molecule has 6 heteroatoms. The van der Waals surface area contributed by atoms with Gasteiger partial charge in [0.25, 0.3) is 0 Å². The van der Waals surface area contributed by atoms with Crippen LogP contribution in [0.2, 0.25) is 19.6 Å². The molecular weight excluding hydrogens is 412 g/mol. The van der Waals surface area contributed by atoms with E-state index >= 15 is 0 Å². The molecule has 122 valence electrons. The molecule has 2 rings (SSSR count). The summed E-state index contributed by atoms with van der Waals surface area (Å²) < 4.78 is 0. The maximum atomic E-state index is 10.4. The third-order valence-electron chi connectivity index (χ3n) is 3.87. The van der Waals surface area contributed by atoms with E-state index in [2.05, 4.69) is 30.7 Å². The first-order valence-corrected chi connectivity index (χ1v) is 17.5. The number of aliphatic imine (C=N–C) groups is 1. The molecule has 2 nitrogen and oxygen atoms in total. The molecule has 0 aromatic heterocycles. The predicted molar refractivity (Wildman–Crippen MR) is 97.3 cm³/mol. The van der Waals surface area contributed by atoms with Gasteiger partial charge in [0, 0.05) is 17.8 Å². The SMILES string of the molecule is C[Si](C)(C)c1cccc(C=NC2CCCCC2)c1O.[Cl][Zr][Cl]. The van der Waals surface area contributed by atoms with E-state index in [4.69, 9.17) is 17.0 Å². The fourth-order valence-electron chi connectivity index (χ4n) is 2.69. The van der Waals surface area contributed by atoms with Crippen LogP contribution in [0.15, 0.2) is 23.2 Å². The monoisotopic (exact) mass is 435 g/mol. The van der Waals surface area contributed by atoms with Crippen molar-refractivity contribution in [2.45, 2.75) is 57.8 Å². The van der Waals surface area contributed by atoms with Crippen LogP contribution in [0.25, 0.3) is 0 Å². The molecule has 0 bridgehead atoms. The Hall–Kier alpha value is 0.370.